The minimum atomic E-state index is -0.199. The van der Waals surface area contributed by atoms with Crippen molar-refractivity contribution in [2.45, 2.75) is 0 Å². The molecule has 0 amide bonds. The van der Waals surface area contributed by atoms with Crippen LogP contribution in [0.2, 0.25) is 0 Å². The van der Waals surface area contributed by atoms with Crippen LogP contribution in [0.4, 0.5) is 4.39 Å². The van der Waals surface area contributed by atoms with Gasteiger partial charge in [-0.25, -0.2) is 4.39 Å². The van der Waals surface area contributed by atoms with Crippen molar-refractivity contribution in [1.82, 2.24) is 0 Å². The highest BCUT2D eigenvalue weighted by atomic mass is 19.1. The van der Waals surface area contributed by atoms with E-state index in [4.69, 9.17) is 4.74 Å². The summed E-state index contributed by atoms with van der Waals surface area (Å²) in [6, 6.07) is 46.3. The van der Waals surface area contributed by atoms with E-state index in [1.165, 1.54) is 48.8 Å². The summed E-state index contributed by atoms with van der Waals surface area (Å²) in [4.78, 5) is 0. The molecule has 9 rings (SSSR count). The molecule has 0 heterocycles. The monoisotopic (exact) mass is 552 g/mol. The van der Waals surface area contributed by atoms with Crippen LogP contribution in [0.15, 0.2) is 133 Å². The maximum Gasteiger partial charge on any atom is 0.131 e. The Morgan fingerprint density at radius 1 is 0.395 bits per heavy atom. The number of rotatable bonds is 3. The number of halogens is 1. The molecule has 0 unspecified atom stereocenters. The van der Waals surface area contributed by atoms with Gasteiger partial charge in [0.05, 0.1) is 7.11 Å². The Balaban J connectivity index is 1.46. The number of benzene rings is 9. The highest BCUT2D eigenvalue weighted by Crippen LogP contribution is 2.48. The van der Waals surface area contributed by atoms with Crippen LogP contribution in [-0.2, 0) is 0 Å². The molecule has 0 aromatic heterocycles. The van der Waals surface area contributed by atoms with Crippen LogP contribution in [0, 0.1) is 5.82 Å². The standard InChI is InChI=1S/C41H25FO/c1-43-37-23-17-25-14-18-33-34(19-15-24-16-20-35(37)39(25)38(24)33)41-30-12-6-4-10-28(30)40(29-11-5-7-13-31(29)41)32-21-22-36(42)27-9-3-2-8-26(27)32/h2-23H,1H3. The first-order chi connectivity index (χ1) is 21.2. The van der Waals surface area contributed by atoms with Crippen molar-refractivity contribution in [3.63, 3.8) is 0 Å². The maximum absolute atomic E-state index is 15.0. The third-order valence-electron chi connectivity index (χ3n) is 9.19. The molecule has 9 aromatic carbocycles. The molecule has 9 aromatic rings. The van der Waals surface area contributed by atoms with Gasteiger partial charge in [0.25, 0.3) is 0 Å². The summed E-state index contributed by atoms with van der Waals surface area (Å²) in [6.45, 7) is 0. The van der Waals surface area contributed by atoms with Gasteiger partial charge in [0.15, 0.2) is 0 Å². The van der Waals surface area contributed by atoms with E-state index in [1.54, 1.807) is 13.2 Å². The molecule has 0 aliphatic carbocycles. The van der Waals surface area contributed by atoms with Crippen molar-refractivity contribution in [3.05, 3.63) is 139 Å². The molecule has 0 saturated heterocycles. The van der Waals surface area contributed by atoms with Gasteiger partial charge in [-0.1, -0.05) is 115 Å². The molecule has 0 N–H and O–H groups in total. The van der Waals surface area contributed by atoms with Crippen molar-refractivity contribution < 1.29 is 9.13 Å². The molecule has 0 spiro atoms. The smallest absolute Gasteiger partial charge is 0.131 e. The van der Waals surface area contributed by atoms with Crippen LogP contribution in [0.3, 0.4) is 0 Å². The predicted molar refractivity (Wildman–Crippen MR) is 180 cm³/mol. The first-order valence-corrected chi connectivity index (χ1v) is 14.6. The zero-order valence-electron chi connectivity index (χ0n) is 23.5. The van der Waals surface area contributed by atoms with Gasteiger partial charge in [-0.3, -0.25) is 0 Å². The number of hydrogen-bond acceptors (Lipinski definition) is 1. The summed E-state index contributed by atoms with van der Waals surface area (Å²) in [5, 5.41) is 13.5. The fraction of sp³-hybridized carbons (Fsp3) is 0.0244. The fourth-order valence-electron chi connectivity index (χ4n) is 7.36. The van der Waals surface area contributed by atoms with Gasteiger partial charge in [-0.15, -0.1) is 0 Å². The summed E-state index contributed by atoms with van der Waals surface area (Å²) < 4.78 is 20.7. The highest BCUT2D eigenvalue weighted by molar-refractivity contribution is 6.30. The van der Waals surface area contributed by atoms with E-state index in [9.17, 15) is 4.39 Å². The van der Waals surface area contributed by atoms with E-state index < -0.39 is 0 Å². The lowest BCUT2D eigenvalue weighted by Gasteiger charge is -2.21. The predicted octanol–water partition coefficient (Wildman–Crippen LogP) is 11.5. The van der Waals surface area contributed by atoms with Crippen LogP contribution in [0.25, 0.3) is 86.9 Å². The Kier molecular flexibility index (Phi) is 5.06. The SMILES string of the molecule is COc1ccc2ccc3c(-c4c5ccccc5c(-c5ccc(F)c6ccccc56)c5ccccc45)ccc4ccc1c2c43. The number of fused-ring (bicyclic) bond motifs is 3. The highest BCUT2D eigenvalue weighted by Gasteiger charge is 2.21. The van der Waals surface area contributed by atoms with Gasteiger partial charge in [-0.2, -0.15) is 0 Å². The van der Waals surface area contributed by atoms with Crippen molar-refractivity contribution in [2.24, 2.45) is 0 Å². The summed E-state index contributed by atoms with van der Waals surface area (Å²) in [7, 11) is 1.74. The van der Waals surface area contributed by atoms with Crippen LogP contribution >= 0.6 is 0 Å². The quantitative estimate of drug-likeness (QED) is 0.156. The van der Waals surface area contributed by atoms with E-state index in [-0.39, 0.29) is 5.82 Å². The molecule has 0 fully saturated rings. The Morgan fingerprint density at radius 3 is 1.44 bits per heavy atom. The van der Waals surface area contributed by atoms with Gasteiger partial charge in [-0.05, 0) is 88.9 Å². The molecule has 2 heteroatoms. The summed E-state index contributed by atoms with van der Waals surface area (Å²) in [6.07, 6.45) is 0. The molecule has 0 saturated carbocycles. The normalized spacial score (nSPS) is 12.0. The zero-order chi connectivity index (χ0) is 28.7. The molecular weight excluding hydrogens is 527 g/mol. The van der Waals surface area contributed by atoms with Crippen molar-refractivity contribution in [3.8, 4) is 28.0 Å². The molecule has 0 bridgehead atoms. The second-order valence-corrected chi connectivity index (χ2v) is 11.3. The number of ether oxygens (including phenoxy) is 1. The van der Waals surface area contributed by atoms with Crippen molar-refractivity contribution >= 4 is 64.6 Å². The first kappa shape index (κ1) is 24.2. The number of methoxy groups -OCH3 is 1. The molecule has 0 aliphatic rings. The first-order valence-electron chi connectivity index (χ1n) is 14.6. The van der Waals surface area contributed by atoms with E-state index in [1.807, 2.05) is 30.3 Å². The summed E-state index contributed by atoms with van der Waals surface area (Å²) >= 11 is 0. The largest absolute Gasteiger partial charge is 0.496 e. The second-order valence-electron chi connectivity index (χ2n) is 11.3. The zero-order valence-corrected chi connectivity index (χ0v) is 23.5. The average Bonchev–Trinajstić information content (AvgIpc) is 3.07. The molecule has 43 heavy (non-hydrogen) atoms. The Labute approximate surface area is 247 Å². The van der Waals surface area contributed by atoms with E-state index in [0.717, 1.165) is 38.4 Å². The molecule has 202 valence electrons. The lowest BCUT2D eigenvalue weighted by Crippen LogP contribution is -1.94. The van der Waals surface area contributed by atoms with Crippen molar-refractivity contribution in [1.29, 1.82) is 0 Å². The number of hydrogen-bond donors (Lipinski definition) is 0. The van der Waals surface area contributed by atoms with Crippen LogP contribution in [-0.4, -0.2) is 7.11 Å². The molecular formula is C41H25FO. The fourth-order valence-corrected chi connectivity index (χ4v) is 7.36. The summed E-state index contributed by atoms with van der Waals surface area (Å²) in [5.41, 5.74) is 4.59. The lowest BCUT2D eigenvalue weighted by atomic mass is 9.82. The topological polar surface area (TPSA) is 9.23 Å². The Bertz CT molecular complexity index is 2500. The van der Waals surface area contributed by atoms with Gasteiger partial charge >= 0.3 is 0 Å². The van der Waals surface area contributed by atoms with E-state index in [0.29, 0.717) is 5.39 Å². The van der Waals surface area contributed by atoms with E-state index >= 15 is 0 Å². The van der Waals surface area contributed by atoms with Crippen LogP contribution in [0.5, 0.6) is 5.75 Å². The Morgan fingerprint density at radius 2 is 0.837 bits per heavy atom. The molecule has 0 radical (unpaired) electrons. The van der Waals surface area contributed by atoms with Gasteiger partial charge < -0.3 is 4.74 Å². The summed E-state index contributed by atoms with van der Waals surface area (Å²) in [5.74, 6) is 0.689. The minimum absolute atomic E-state index is 0.199. The lowest BCUT2D eigenvalue weighted by molar-refractivity contribution is 0.420. The van der Waals surface area contributed by atoms with Gasteiger partial charge in [0.2, 0.25) is 0 Å². The second kappa shape index (κ2) is 9.01. The molecule has 1 nitrogen and oxygen atoms in total. The minimum Gasteiger partial charge on any atom is -0.496 e. The third kappa shape index (κ3) is 3.32. The van der Waals surface area contributed by atoms with Gasteiger partial charge in [0, 0.05) is 16.2 Å². The maximum atomic E-state index is 15.0. The van der Waals surface area contributed by atoms with Gasteiger partial charge in [0.1, 0.15) is 11.6 Å². The van der Waals surface area contributed by atoms with E-state index in [2.05, 4.69) is 97.1 Å². The van der Waals surface area contributed by atoms with Crippen LogP contribution in [0.1, 0.15) is 0 Å². The van der Waals surface area contributed by atoms with Crippen molar-refractivity contribution in [2.75, 3.05) is 7.11 Å². The molecule has 0 atom stereocenters. The van der Waals surface area contributed by atoms with Crippen LogP contribution < -0.4 is 4.74 Å². The Hall–Kier alpha value is -5.47. The molecule has 0 aliphatic heterocycles. The average molecular weight is 553 g/mol. The third-order valence-corrected chi connectivity index (χ3v) is 9.19.